The average molecular weight is 751 g/mol. The first-order valence-electron chi connectivity index (χ1n) is 13.7. The van der Waals surface area contributed by atoms with Gasteiger partial charge in [0, 0.05) is 43.3 Å². The van der Waals surface area contributed by atoms with Crippen LogP contribution in [0.25, 0.3) is 11.2 Å². The number of anilines is 1. The number of nitrogens with one attached hydrogen (secondary N) is 2. The van der Waals surface area contributed by atoms with Gasteiger partial charge in [-0.05, 0) is 6.07 Å². The van der Waals surface area contributed by atoms with E-state index in [1.165, 1.54) is 37.0 Å². The molecule has 0 saturated carbocycles. The van der Waals surface area contributed by atoms with Gasteiger partial charge in [0.2, 0.25) is 11.8 Å². The zero-order valence-electron chi connectivity index (χ0n) is 25.0. The van der Waals surface area contributed by atoms with Crippen molar-refractivity contribution in [1.29, 1.82) is 0 Å². The number of nitrogens with two attached hydrogens (primary N) is 1. The summed E-state index contributed by atoms with van der Waals surface area (Å²) in [6.07, 6.45) is -3.24. The molecule has 0 bridgehead atoms. The minimum atomic E-state index is -5.43. The molecule has 21 nitrogen and oxygen atoms in total. The molecule has 6 atom stereocenters. The van der Waals surface area contributed by atoms with Crippen LogP contribution in [0.4, 0.5) is 5.69 Å². The Kier molecular flexibility index (Phi) is 13.5. The Labute approximate surface area is 273 Å². The first-order chi connectivity index (χ1) is 21.7. The number of ether oxygens (including phenoxy) is 1. The Morgan fingerprint density at radius 3 is 2.49 bits per heavy atom. The van der Waals surface area contributed by atoms with E-state index in [0.29, 0.717) is 23.5 Å². The molecule has 0 spiro atoms. The van der Waals surface area contributed by atoms with Crippen LogP contribution in [-0.2, 0) is 45.9 Å². The van der Waals surface area contributed by atoms with Gasteiger partial charge in [-0.1, -0.05) is 13.8 Å². The van der Waals surface area contributed by atoms with E-state index in [2.05, 4.69) is 37.5 Å². The van der Waals surface area contributed by atoms with Gasteiger partial charge in [0.05, 0.1) is 25.2 Å². The predicted molar refractivity (Wildman–Crippen MR) is 164 cm³/mol. The maximum absolute atomic E-state index is 12.6. The molecule has 9 N–H and O–H groups in total. The Morgan fingerprint density at radius 2 is 1.83 bits per heavy atom. The summed E-state index contributed by atoms with van der Waals surface area (Å²) < 4.78 is 62.4. The molecule has 3 rings (SSSR count). The van der Waals surface area contributed by atoms with E-state index in [1.54, 1.807) is 0 Å². The molecule has 1 aliphatic heterocycles. The van der Waals surface area contributed by atoms with Crippen LogP contribution in [0, 0.1) is 5.41 Å². The van der Waals surface area contributed by atoms with Crippen LogP contribution in [0.2, 0.25) is 0 Å². The molecule has 0 aromatic carbocycles. The fourth-order valence-electron chi connectivity index (χ4n) is 4.18. The van der Waals surface area contributed by atoms with Gasteiger partial charge in [0.15, 0.2) is 5.65 Å². The quantitative estimate of drug-likeness (QED) is 0.0713. The number of hydrogen-bond donors (Lipinski definition) is 9. The molecule has 2 unspecified atom stereocenters. The van der Waals surface area contributed by atoms with Crippen molar-refractivity contribution < 1.29 is 70.6 Å². The summed E-state index contributed by atoms with van der Waals surface area (Å²) >= 11 is 3.96. The largest absolute Gasteiger partial charge is 0.481 e. The minimum Gasteiger partial charge on any atom is -0.397 e. The van der Waals surface area contributed by atoms with Crippen molar-refractivity contribution in [2.75, 3.05) is 37.8 Å². The van der Waals surface area contributed by atoms with Gasteiger partial charge in [-0.15, -0.1) is 0 Å². The van der Waals surface area contributed by atoms with E-state index >= 15 is 0 Å². The van der Waals surface area contributed by atoms with Crippen LogP contribution in [0.15, 0.2) is 18.6 Å². The highest BCUT2D eigenvalue weighted by Gasteiger charge is 2.45. The molecule has 1 saturated heterocycles. The van der Waals surface area contributed by atoms with Gasteiger partial charge < -0.3 is 45.8 Å². The number of aromatic nitrogens is 3. The highest BCUT2D eigenvalue weighted by molar-refractivity contribution is 7.80. The topological polar surface area (TPSA) is 313 Å². The van der Waals surface area contributed by atoms with Crippen molar-refractivity contribution >= 4 is 64.8 Å². The summed E-state index contributed by atoms with van der Waals surface area (Å²) in [7, 11) is -15.9. The molecule has 1 aliphatic rings. The summed E-state index contributed by atoms with van der Waals surface area (Å²) in [6, 6.07) is 1.51. The highest BCUT2D eigenvalue weighted by Crippen LogP contribution is 2.61. The normalized spacial score (nSPS) is 22.0. The summed E-state index contributed by atoms with van der Waals surface area (Å²) in [5, 5.41) is 15.3. The third-order valence-electron chi connectivity index (χ3n) is 6.54. The number of carbonyl (C=O) groups excluding carboxylic acids is 2. The van der Waals surface area contributed by atoms with Crippen molar-refractivity contribution in [2.24, 2.45) is 5.41 Å². The second-order valence-electron chi connectivity index (χ2n) is 10.8. The third-order valence-corrected chi connectivity index (χ3v) is 9.89. The van der Waals surface area contributed by atoms with E-state index in [-0.39, 0.29) is 30.9 Å². The van der Waals surface area contributed by atoms with Crippen LogP contribution < -0.4 is 16.4 Å². The van der Waals surface area contributed by atoms with Gasteiger partial charge in [-0.25, -0.2) is 23.7 Å². The number of fused-ring (bicyclic) bond motifs is 1. The van der Waals surface area contributed by atoms with Crippen molar-refractivity contribution in [3.8, 4) is 0 Å². The molecule has 0 radical (unpaired) electrons. The number of pyridine rings is 1. The molecule has 1 fully saturated rings. The van der Waals surface area contributed by atoms with E-state index in [4.69, 9.17) is 24.0 Å². The van der Waals surface area contributed by atoms with Crippen molar-refractivity contribution in [3.05, 3.63) is 18.6 Å². The molecule has 2 aromatic rings. The van der Waals surface area contributed by atoms with E-state index in [1.807, 2.05) is 0 Å². The van der Waals surface area contributed by atoms with Crippen molar-refractivity contribution in [1.82, 2.24) is 25.2 Å². The number of aliphatic hydroxyl groups excluding tert-OH is 1. The summed E-state index contributed by atoms with van der Waals surface area (Å²) in [4.78, 5) is 71.2. The van der Waals surface area contributed by atoms with Gasteiger partial charge in [0.25, 0.3) is 0 Å². The second-order valence-corrected chi connectivity index (χ2v) is 15.5. The maximum atomic E-state index is 12.6. The van der Waals surface area contributed by atoms with Crippen LogP contribution >= 0.6 is 36.1 Å². The molecule has 47 heavy (non-hydrogen) atoms. The third kappa shape index (κ3) is 11.8. The number of amides is 2. The molecular weight excluding hydrogens is 713 g/mol. The number of hydrogen-bond acceptors (Lipinski definition) is 15. The zero-order valence-corrected chi connectivity index (χ0v) is 28.6. The second kappa shape index (κ2) is 16.1. The standard InChI is InChI=1S/C22H37N6O15P3S/c1-22(2,19(30)21(31)26-6-4-16(29)24-7-8-47)11-40-46(37,38)43-45(35,36)39-10-15-14(42-44(32,33)34)9-17(41-15)28-12-27-18-13(23)3-5-25-20(18)28/h3,5,12,14-15,17,19,30,47H,4,6-11H2,1-2H3,(H2,23,25)(H,24,29)(H,26,31)(H,35,36)(H,37,38)(H2,32,33,34)/t14-,15-,17-,19+/m1/s1. The molecule has 25 heteroatoms. The number of phosphoric ester groups is 3. The predicted octanol–water partition coefficient (Wildman–Crippen LogP) is -0.0311. The molecular formula is C22H37N6O15P3S. The van der Waals surface area contributed by atoms with Crippen LogP contribution in [0.1, 0.15) is 32.9 Å². The van der Waals surface area contributed by atoms with Gasteiger partial charge in [-0.3, -0.25) is 27.7 Å². The van der Waals surface area contributed by atoms with E-state index in [9.17, 15) is 48.0 Å². The number of aliphatic hydroxyl groups is 1. The van der Waals surface area contributed by atoms with Gasteiger partial charge in [-0.2, -0.15) is 16.9 Å². The number of carbonyl (C=O) groups is 2. The fraction of sp³-hybridized carbons (Fsp3) is 0.636. The maximum Gasteiger partial charge on any atom is 0.481 e. The molecule has 266 valence electrons. The lowest BCUT2D eigenvalue weighted by Crippen LogP contribution is -2.46. The lowest BCUT2D eigenvalue weighted by atomic mass is 9.87. The average Bonchev–Trinajstić information content (AvgIpc) is 3.57. The minimum absolute atomic E-state index is 0.0832. The van der Waals surface area contributed by atoms with E-state index < -0.39 is 72.5 Å². The lowest BCUT2D eigenvalue weighted by Gasteiger charge is -2.30. The lowest BCUT2D eigenvalue weighted by molar-refractivity contribution is -0.137. The number of phosphoric acid groups is 3. The molecule has 2 amide bonds. The SMILES string of the molecule is CC(C)(COP(=O)(O)OP(=O)(O)OC[C@H]1O[C@@H](n2cnc3c(N)ccnc32)C[C@H]1OP(=O)(O)O)[C@@H](O)C(=O)NCCC(=O)NCCS. The van der Waals surface area contributed by atoms with Crippen LogP contribution in [-0.4, -0.2) is 101 Å². The summed E-state index contributed by atoms with van der Waals surface area (Å²) in [6.45, 7) is 1.03. The molecule has 0 aliphatic carbocycles. The smallest absolute Gasteiger partial charge is 0.397 e. The first kappa shape index (κ1) is 39.4. The van der Waals surface area contributed by atoms with Crippen molar-refractivity contribution in [2.45, 2.75) is 51.2 Å². The number of thiol groups is 1. The Morgan fingerprint density at radius 1 is 1.15 bits per heavy atom. The monoisotopic (exact) mass is 750 g/mol. The van der Waals surface area contributed by atoms with Gasteiger partial charge in [0.1, 0.15) is 30.1 Å². The first-order valence-corrected chi connectivity index (χ1v) is 18.8. The van der Waals surface area contributed by atoms with Crippen LogP contribution in [0.5, 0.6) is 0 Å². The molecule has 2 aromatic heterocycles. The number of nitrogen functional groups attached to an aromatic ring is 1. The Balaban J connectivity index is 1.57. The van der Waals surface area contributed by atoms with Crippen LogP contribution in [0.3, 0.4) is 0 Å². The number of imidazole rings is 1. The van der Waals surface area contributed by atoms with E-state index in [0.717, 1.165) is 0 Å². The van der Waals surface area contributed by atoms with Gasteiger partial charge >= 0.3 is 23.5 Å². The Hall–Kier alpha value is -2.00. The summed E-state index contributed by atoms with van der Waals surface area (Å²) in [5.41, 5.74) is 5.22. The fourth-order valence-corrected chi connectivity index (χ4v) is 7.12. The Bertz CT molecular complexity index is 1560. The van der Waals surface area contributed by atoms with Crippen molar-refractivity contribution in [3.63, 3.8) is 0 Å². The number of rotatable bonds is 18. The highest BCUT2D eigenvalue weighted by atomic mass is 32.1. The summed E-state index contributed by atoms with van der Waals surface area (Å²) in [5.74, 6) is -0.857. The zero-order chi connectivity index (χ0) is 35.2. The number of nitrogens with zero attached hydrogens (tertiary/aromatic N) is 3. The molecule has 3 heterocycles.